The second-order valence-corrected chi connectivity index (χ2v) is 2.95. The van der Waals surface area contributed by atoms with E-state index in [-0.39, 0.29) is 11.1 Å². The van der Waals surface area contributed by atoms with Gasteiger partial charge >= 0.3 is 11.9 Å². The van der Waals surface area contributed by atoms with E-state index in [1.54, 1.807) is 6.92 Å². The van der Waals surface area contributed by atoms with Crippen LogP contribution in [-0.2, 0) is 0 Å². The van der Waals surface area contributed by atoms with Crippen LogP contribution in [0.2, 0.25) is 0 Å². The van der Waals surface area contributed by atoms with Crippen molar-refractivity contribution in [3.8, 4) is 0 Å². The molecule has 84 valence electrons. The summed E-state index contributed by atoms with van der Waals surface area (Å²) < 4.78 is 0. The number of benzene rings is 1. The fourth-order valence-corrected chi connectivity index (χ4v) is 1.03. The standard InChI is InChI=1S/C9H8O4.C3H4/c1-5-2-6(8(10)11)4-7(3-5)9(12)13;1-3-2/h2-4H,1H3,(H,10,11)(H,12,13);1-2H2. The van der Waals surface area contributed by atoms with E-state index >= 15 is 0 Å². The van der Waals surface area contributed by atoms with Gasteiger partial charge in [-0.05, 0) is 30.7 Å². The molecule has 0 fully saturated rings. The first-order chi connectivity index (χ1) is 7.42. The topological polar surface area (TPSA) is 74.6 Å². The number of carbonyl (C=O) groups is 2. The highest BCUT2D eigenvalue weighted by Gasteiger charge is 2.09. The van der Waals surface area contributed by atoms with E-state index in [1.807, 2.05) is 0 Å². The van der Waals surface area contributed by atoms with E-state index < -0.39 is 11.9 Å². The Bertz CT molecular complexity index is 408. The number of carboxylic acid groups (broad SMARTS) is 2. The molecule has 0 saturated carbocycles. The summed E-state index contributed by atoms with van der Waals surface area (Å²) in [6, 6.07) is 3.99. The van der Waals surface area contributed by atoms with Crippen molar-refractivity contribution in [1.82, 2.24) is 0 Å². The Labute approximate surface area is 93.2 Å². The third-order valence-electron chi connectivity index (χ3n) is 1.57. The van der Waals surface area contributed by atoms with Crippen molar-refractivity contribution in [2.75, 3.05) is 0 Å². The second kappa shape index (κ2) is 6.22. The van der Waals surface area contributed by atoms with Gasteiger partial charge in [-0.3, -0.25) is 0 Å². The number of rotatable bonds is 2. The number of hydrogen-bond donors (Lipinski definition) is 2. The monoisotopic (exact) mass is 220 g/mol. The van der Waals surface area contributed by atoms with Crippen LogP contribution in [0, 0.1) is 6.92 Å². The Morgan fingerprint density at radius 1 is 1.06 bits per heavy atom. The summed E-state index contributed by atoms with van der Waals surface area (Å²) >= 11 is 0. The van der Waals surface area contributed by atoms with Gasteiger partial charge in [-0.15, -0.1) is 5.73 Å². The summed E-state index contributed by atoms with van der Waals surface area (Å²) in [5.74, 6) is -2.24. The minimum atomic E-state index is -1.12. The van der Waals surface area contributed by atoms with Gasteiger partial charge in [0.05, 0.1) is 11.1 Å². The molecule has 0 unspecified atom stereocenters. The van der Waals surface area contributed by atoms with Crippen LogP contribution >= 0.6 is 0 Å². The lowest BCUT2D eigenvalue weighted by molar-refractivity contribution is 0.0696. The van der Waals surface area contributed by atoms with Crippen molar-refractivity contribution in [2.45, 2.75) is 6.92 Å². The van der Waals surface area contributed by atoms with Crippen molar-refractivity contribution in [3.63, 3.8) is 0 Å². The first-order valence-electron chi connectivity index (χ1n) is 4.29. The predicted octanol–water partition coefficient (Wildman–Crippen LogP) is 2.35. The molecule has 0 aliphatic heterocycles. The molecule has 4 heteroatoms. The molecule has 1 aromatic rings. The normalized spacial score (nSPS) is 8.31. The average Bonchev–Trinajstić information content (AvgIpc) is 2.17. The molecule has 0 spiro atoms. The number of aryl methyl sites for hydroxylation is 1. The van der Waals surface area contributed by atoms with Gasteiger partial charge in [0.15, 0.2) is 0 Å². The molecule has 0 atom stereocenters. The Balaban J connectivity index is 0.000000673. The minimum absolute atomic E-state index is 0.00241. The maximum atomic E-state index is 10.5. The highest BCUT2D eigenvalue weighted by Crippen LogP contribution is 2.09. The number of aromatic carboxylic acids is 2. The lowest BCUT2D eigenvalue weighted by atomic mass is 10.1. The maximum Gasteiger partial charge on any atom is 0.335 e. The number of carboxylic acids is 2. The molecular formula is C12H12O4. The molecule has 4 nitrogen and oxygen atoms in total. The SMILES string of the molecule is C=C=C.Cc1cc(C(=O)O)cc(C(=O)O)c1. The summed E-state index contributed by atoms with van der Waals surface area (Å²) in [4.78, 5) is 21.1. The summed E-state index contributed by atoms with van der Waals surface area (Å²) in [6.45, 7) is 7.90. The van der Waals surface area contributed by atoms with Crippen LogP contribution in [-0.4, -0.2) is 22.2 Å². The summed E-state index contributed by atoms with van der Waals surface area (Å²) in [5.41, 5.74) is 2.87. The van der Waals surface area contributed by atoms with Gasteiger partial charge in [0, 0.05) is 0 Å². The van der Waals surface area contributed by atoms with Crippen LogP contribution in [0.25, 0.3) is 0 Å². The van der Waals surface area contributed by atoms with Gasteiger partial charge in [-0.2, -0.15) is 0 Å². The zero-order chi connectivity index (χ0) is 12.7. The van der Waals surface area contributed by atoms with Crippen molar-refractivity contribution in [3.05, 3.63) is 53.8 Å². The van der Waals surface area contributed by atoms with Crippen molar-refractivity contribution in [1.29, 1.82) is 0 Å². The van der Waals surface area contributed by atoms with Crippen LogP contribution in [0.3, 0.4) is 0 Å². The van der Waals surface area contributed by atoms with E-state index in [4.69, 9.17) is 10.2 Å². The smallest absolute Gasteiger partial charge is 0.335 e. The Hall–Kier alpha value is -2.32. The molecule has 1 aromatic carbocycles. The third-order valence-corrected chi connectivity index (χ3v) is 1.57. The highest BCUT2D eigenvalue weighted by atomic mass is 16.4. The Morgan fingerprint density at radius 2 is 1.38 bits per heavy atom. The third kappa shape index (κ3) is 4.26. The van der Waals surface area contributed by atoms with Crippen LogP contribution in [0.5, 0.6) is 0 Å². The average molecular weight is 220 g/mol. The van der Waals surface area contributed by atoms with Crippen LogP contribution in [0.4, 0.5) is 0 Å². The van der Waals surface area contributed by atoms with Gasteiger partial charge in [0.1, 0.15) is 0 Å². The zero-order valence-corrected chi connectivity index (χ0v) is 8.86. The molecule has 0 radical (unpaired) electrons. The first kappa shape index (κ1) is 13.7. The first-order valence-corrected chi connectivity index (χ1v) is 4.29. The van der Waals surface area contributed by atoms with Gasteiger partial charge in [0.25, 0.3) is 0 Å². The van der Waals surface area contributed by atoms with Crippen molar-refractivity contribution >= 4 is 11.9 Å². The van der Waals surface area contributed by atoms with E-state index in [0.717, 1.165) is 6.07 Å². The molecule has 0 bridgehead atoms. The lowest BCUT2D eigenvalue weighted by Crippen LogP contribution is -2.02. The second-order valence-electron chi connectivity index (χ2n) is 2.95. The number of hydrogen-bond acceptors (Lipinski definition) is 2. The lowest BCUT2D eigenvalue weighted by Gasteiger charge is -1.99. The molecule has 0 aliphatic rings. The molecular weight excluding hydrogens is 208 g/mol. The van der Waals surface area contributed by atoms with Crippen LogP contribution in [0.1, 0.15) is 26.3 Å². The van der Waals surface area contributed by atoms with Crippen molar-refractivity contribution in [2.24, 2.45) is 0 Å². The van der Waals surface area contributed by atoms with Crippen molar-refractivity contribution < 1.29 is 19.8 Å². The minimum Gasteiger partial charge on any atom is -0.478 e. The Kier molecular flexibility index (Phi) is 5.32. The van der Waals surface area contributed by atoms with Gasteiger partial charge < -0.3 is 10.2 Å². The molecule has 0 heterocycles. The largest absolute Gasteiger partial charge is 0.478 e. The van der Waals surface area contributed by atoms with Gasteiger partial charge in [0.2, 0.25) is 0 Å². The van der Waals surface area contributed by atoms with E-state index in [9.17, 15) is 9.59 Å². The van der Waals surface area contributed by atoms with E-state index in [1.165, 1.54) is 12.1 Å². The van der Waals surface area contributed by atoms with Gasteiger partial charge in [-0.1, -0.05) is 13.2 Å². The predicted molar refractivity (Wildman–Crippen MR) is 59.9 cm³/mol. The molecule has 0 amide bonds. The Morgan fingerprint density at radius 3 is 1.62 bits per heavy atom. The molecule has 16 heavy (non-hydrogen) atoms. The molecule has 2 N–H and O–H groups in total. The molecule has 0 aliphatic carbocycles. The summed E-state index contributed by atoms with van der Waals surface area (Å²) in [6.07, 6.45) is 0. The fourth-order valence-electron chi connectivity index (χ4n) is 1.03. The fraction of sp³-hybridized carbons (Fsp3) is 0.0833. The van der Waals surface area contributed by atoms with Gasteiger partial charge in [-0.25, -0.2) is 9.59 Å². The van der Waals surface area contributed by atoms with Crippen LogP contribution < -0.4 is 0 Å². The highest BCUT2D eigenvalue weighted by molar-refractivity contribution is 5.94. The van der Waals surface area contributed by atoms with Crippen LogP contribution in [0.15, 0.2) is 37.1 Å². The quantitative estimate of drug-likeness (QED) is 0.750. The maximum absolute atomic E-state index is 10.5. The van der Waals surface area contributed by atoms with E-state index in [2.05, 4.69) is 18.9 Å². The molecule has 1 rings (SSSR count). The zero-order valence-electron chi connectivity index (χ0n) is 8.86. The molecule has 0 aromatic heterocycles. The summed E-state index contributed by atoms with van der Waals surface area (Å²) in [5, 5.41) is 17.2. The molecule has 0 saturated heterocycles. The van der Waals surface area contributed by atoms with E-state index in [0.29, 0.717) is 5.56 Å². The summed E-state index contributed by atoms with van der Waals surface area (Å²) in [7, 11) is 0.